The fourth-order valence-electron chi connectivity index (χ4n) is 2.53. The molecule has 0 amide bonds. The summed E-state index contributed by atoms with van der Waals surface area (Å²) < 4.78 is 32.6. The third kappa shape index (κ3) is 4.39. The Bertz CT molecular complexity index is 909. The molecule has 0 saturated carbocycles. The summed E-state index contributed by atoms with van der Waals surface area (Å²) in [5, 5.41) is 0.133. The van der Waals surface area contributed by atoms with E-state index in [1.165, 1.54) is 25.3 Å². The smallest absolute Gasteiger partial charge is 0.339 e. The van der Waals surface area contributed by atoms with Crippen molar-refractivity contribution in [2.45, 2.75) is 31.7 Å². The lowest BCUT2D eigenvalue weighted by Gasteiger charge is -2.18. The molecule has 2 rings (SSSR count). The molecule has 0 aliphatic rings. The Kier molecular flexibility index (Phi) is 5.87. The van der Waals surface area contributed by atoms with Gasteiger partial charge in [-0.15, -0.1) is 0 Å². The molecule has 0 saturated heterocycles. The minimum atomic E-state index is -3.83. The highest BCUT2D eigenvalue weighted by molar-refractivity contribution is 7.89. The van der Waals surface area contributed by atoms with E-state index in [1.54, 1.807) is 6.92 Å². The standard InChI is InChI=1S/C18H20ClNO4S/c1-11-5-6-12(2)15(9-11)13(3)20-25(22,23)14-7-8-17(19)16(10-14)18(21)24-4/h5-10,13,20H,1-4H3. The van der Waals surface area contributed by atoms with Gasteiger partial charge in [-0.3, -0.25) is 0 Å². The number of carbonyl (C=O) groups is 1. The van der Waals surface area contributed by atoms with E-state index >= 15 is 0 Å². The van der Waals surface area contributed by atoms with Crippen LogP contribution < -0.4 is 4.72 Å². The van der Waals surface area contributed by atoms with Crippen LogP contribution in [0, 0.1) is 13.8 Å². The summed E-state index contributed by atoms with van der Waals surface area (Å²) in [6.07, 6.45) is 0. The van der Waals surface area contributed by atoms with Gasteiger partial charge in [0.2, 0.25) is 10.0 Å². The summed E-state index contributed by atoms with van der Waals surface area (Å²) in [5.74, 6) is -0.690. The van der Waals surface area contributed by atoms with E-state index in [0.717, 1.165) is 16.7 Å². The Morgan fingerprint density at radius 1 is 1.16 bits per heavy atom. The maximum Gasteiger partial charge on any atom is 0.339 e. The highest BCUT2D eigenvalue weighted by Crippen LogP contribution is 2.24. The lowest BCUT2D eigenvalue weighted by molar-refractivity contribution is 0.0600. The predicted molar refractivity (Wildman–Crippen MR) is 97.4 cm³/mol. The maximum absolute atomic E-state index is 12.7. The molecule has 0 aromatic heterocycles. The van der Waals surface area contributed by atoms with Crippen LogP contribution in [0.4, 0.5) is 0 Å². The van der Waals surface area contributed by atoms with Gasteiger partial charge in [-0.2, -0.15) is 0 Å². The van der Waals surface area contributed by atoms with E-state index < -0.39 is 22.0 Å². The first-order valence-electron chi connectivity index (χ1n) is 7.63. The van der Waals surface area contributed by atoms with Gasteiger partial charge in [0.25, 0.3) is 0 Å². The third-order valence-electron chi connectivity index (χ3n) is 3.89. The summed E-state index contributed by atoms with van der Waals surface area (Å²) in [4.78, 5) is 11.7. The molecule has 1 atom stereocenters. The normalized spacial score (nSPS) is 12.7. The number of nitrogens with one attached hydrogen (secondary N) is 1. The van der Waals surface area contributed by atoms with Crippen LogP contribution in [-0.2, 0) is 14.8 Å². The highest BCUT2D eigenvalue weighted by atomic mass is 35.5. The van der Waals surface area contributed by atoms with Crippen LogP contribution in [-0.4, -0.2) is 21.5 Å². The lowest BCUT2D eigenvalue weighted by atomic mass is 10.0. The number of hydrogen-bond donors (Lipinski definition) is 1. The van der Waals surface area contributed by atoms with Crippen LogP contribution in [0.5, 0.6) is 0 Å². The van der Waals surface area contributed by atoms with Crippen molar-refractivity contribution in [1.82, 2.24) is 4.72 Å². The number of sulfonamides is 1. The van der Waals surface area contributed by atoms with Crippen molar-refractivity contribution in [2.24, 2.45) is 0 Å². The molecule has 0 fully saturated rings. The lowest BCUT2D eigenvalue weighted by Crippen LogP contribution is -2.27. The average Bonchev–Trinajstić information content (AvgIpc) is 2.56. The molecule has 5 nitrogen and oxygen atoms in total. The van der Waals surface area contributed by atoms with Gasteiger partial charge in [-0.05, 0) is 50.1 Å². The number of aryl methyl sites for hydroxylation is 2. The average molecular weight is 382 g/mol. The van der Waals surface area contributed by atoms with Crippen LogP contribution in [0.15, 0.2) is 41.3 Å². The molecule has 25 heavy (non-hydrogen) atoms. The first kappa shape index (κ1) is 19.4. The molecule has 0 spiro atoms. The van der Waals surface area contributed by atoms with Gasteiger partial charge in [0.1, 0.15) is 0 Å². The number of methoxy groups -OCH3 is 1. The number of hydrogen-bond acceptors (Lipinski definition) is 4. The molecule has 1 N–H and O–H groups in total. The quantitative estimate of drug-likeness (QED) is 0.800. The molecule has 7 heteroatoms. The van der Waals surface area contributed by atoms with Crippen LogP contribution in [0.1, 0.15) is 40.0 Å². The van der Waals surface area contributed by atoms with Crippen LogP contribution in [0.2, 0.25) is 5.02 Å². The van der Waals surface area contributed by atoms with Crippen molar-refractivity contribution in [3.63, 3.8) is 0 Å². The van der Waals surface area contributed by atoms with Gasteiger partial charge in [-0.1, -0.05) is 35.4 Å². The molecule has 0 aliphatic carbocycles. The van der Waals surface area contributed by atoms with Gasteiger partial charge < -0.3 is 4.74 Å². The summed E-state index contributed by atoms with van der Waals surface area (Å²) in [6.45, 7) is 5.65. The Morgan fingerprint density at radius 3 is 2.48 bits per heavy atom. The fourth-order valence-corrected chi connectivity index (χ4v) is 3.97. The highest BCUT2D eigenvalue weighted by Gasteiger charge is 2.22. The summed E-state index contributed by atoms with van der Waals surface area (Å²) in [7, 11) is -2.63. The van der Waals surface area contributed by atoms with Gasteiger partial charge >= 0.3 is 5.97 Å². The molecule has 0 bridgehead atoms. The predicted octanol–water partition coefficient (Wildman–Crippen LogP) is 3.78. The van der Waals surface area contributed by atoms with Crippen LogP contribution in [0.25, 0.3) is 0 Å². The summed E-state index contributed by atoms with van der Waals surface area (Å²) >= 11 is 5.94. The fraction of sp³-hybridized carbons (Fsp3) is 0.278. The monoisotopic (exact) mass is 381 g/mol. The van der Waals surface area contributed by atoms with Gasteiger partial charge in [0, 0.05) is 6.04 Å². The molecule has 2 aromatic carbocycles. The van der Waals surface area contributed by atoms with Crippen molar-refractivity contribution < 1.29 is 17.9 Å². The van der Waals surface area contributed by atoms with E-state index in [-0.39, 0.29) is 15.5 Å². The van der Waals surface area contributed by atoms with E-state index in [9.17, 15) is 13.2 Å². The van der Waals surface area contributed by atoms with Gasteiger partial charge in [0.15, 0.2) is 0 Å². The second-order valence-corrected chi connectivity index (χ2v) is 7.96. The van der Waals surface area contributed by atoms with Crippen molar-refractivity contribution in [3.8, 4) is 0 Å². The SMILES string of the molecule is COC(=O)c1cc(S(=O)(=O)NC(C)c2cc(C)ccc2C)ccc1Cl. The van der Waals surface area contributed by atoms with Crippen molar-refractivity contribution in [1.29, 1.82) is 0 Å². The van der Waals surface area contributed by atoms with Crippen molar-refractivity contribution >= 4 is 27.6 Å². The number of carbonyl (C=O) groups excluding carboxylic acids is 1. The number of ether oxygens (including phenoxy) is 1. The van der Waals surface area contributed by atoms with E-state index in [4.69, 9.17) is 11.6 Å². The molecule has 0 aliphatic heterocycles. The Hall–Kier alpha value is -1.89. The van der Waals surface area contributed by atoms with E-state index in [0.29, 0.717) is 0 Å². The first-order chi connectivity index (χ1) is 11.7. The zero-order valence-electron chi connectivity index (χ0n) is 14.5. The Balaban J connectivity index is 2.36. The molecule has 134 valence electrons. The third-order valence-corrected chi connectivity index (χ3v) is 5.75. The second-order valence-electron chi connectivity index (χ2n) is 5.84. The van der Waals surface area contributed by atoms with Gasteiger partial charge in [-0.25, -0.2) is 17.9 Å². The molecule has 0 radical (unpaired) electrons. The van der Waals surface area contributed by atoms with Crippen LogP contribution >= 0.6 is 11.6 Å². The summed E-state index contributed by atoms with van der Waals surface area (Å²) in [5.41, 5.74) is 2.94. The van der Waals surface area contributed by atoms with Crippen molar-refractivity contribution in [2.75, 3.05) is 7.11 Å². The van der Waals surface area contributed by atoms with E-state index in [2.05, 4.69) is 9.46 Å². The van der Waals surface area contributed by atoms with Crippen molar-refractivity contribution in [3.05, 3.63) is 63.7 Å². The van der Waals surface area contributed by atoms with Crippen LogP contribution in [0.3, 0.4) is 0 Å². The number of halogens is 1. The molecule has 0 heterocycles. The molecule has 1 unspecified atom stereocenters. The maximum atomic E-state index is 12.7. The minimum Gasteiger partial charge on any atom is -0.465 e. The number of benzene rings is 2. The molecular weight excluding hydrogens is 362 g/mol. The number of rotatable bonds is 5. The largest absolute Gasteiger partial charge is 0.465 e. The number of esters is 1. The second kappa shape index (κ2) is 7.56. The minimum absolute atomic E-state index is 0.00595. The topological polar surface area (TPSA) is 72.5 Å². The molecular formula is C18H20ClNO4S. The zero-order chi connectivity index (χ0) is 18.8. The summed E-state index contributed by atoms with van der Waals surface area (Å²) in [6, 6.07) is 9.38. The Labute approximate surface area is 153 Å². The zero-order valence-corrected chi connectivity index (χ0v) is 16.0. The molecule has 2 aromatic rings. The van der Waals surface area contributed by atoms with Gasteiger partial charge in [0.05, 0.1) is 22.6 Å². The van der Waals surface area contributed by atoms with E-state index in [1.807, 2.05) is 32.0 Å². The first-order valence-corrected chi connectivity index (χ1v) is 9.49. The Morgan fingerprint density at radius 2 is 1.84 bits per heavy atom.